The summed E-state index contributed by atoms with van der Waals surface area (Å²) < 4.78 is 32.6. The lowest BCUT2D eigenvalue weighted by molar-refractivity contribution is 0.0696. The second-order valence-electron chi connectivity index (χ2n) is 7.10. The molecule has 7 nitrogen and oxygen atoms in total. The maximum absolute atomic E-state index is 13.2. The van der Waals surface area contributed by atoms with Gasteiger partial charge in [0.05, 0.1) is 5.02 Å². The lowest BCUT2D eigenvalue weighted by Crippen LogP contribution is -2.50. The smallest absolute Gasteiger partial charge is 0.259 e. The summed E-state index contributed by atoms with van der Waals surface area (Å²) in [5.74, 6) is 0.181. The highest BCUT2D eigenvalue weighted by Gasteiger charge is 2.34. The van der Waals surface area contributed by atoms with Crippen LogP contribution in [0.2, 0.25) is 10.0 Å². The summed E-state index contributed by atoms with van der Waals surface area (Å²) >= 11 is 12.0. The van der Waals surface area contributed by atoms with Gasteiger partial charge < -0.3 is 9.42 Å². The fourth-order valence-electron chi connectivity index (χ4n) is 3.52. The molecule has 10 heteroatoms. The zero-order valence-corrected chi connectivity index (χ0v) is 18.9. The van der Waals surface area contributed by atoms with Gasteiger partial charge in [-0.25, -0.2) is 8.42 Å². The van der Waals surface area contributed by atoms with Gasteiger partial charge in [0.25, 0.3) is 5.91 Å². The second kappa shape index (κ2) is 8.63. The molecule has 1 aromatic heterocycles. The van der Waals surface area contributed by atoms with Crippen LogP contribution < -0.4 is 0 Å². The molecule has 1 fully saturated rings. The summed E-state index contributed by atoms with van der Waals surface area (Å²) in [7, 11) is -3.83. The minimum Gasteiger partial charge on any atom is -0.360 e. The van der Waals surface area contributed by atoms with Gasteiger partial charge in [-0.3, -0.25) is 4.79 Å². The predicted molar refractivity (Wildman–Crippen MR) is 118 cm³/mol. The van der Waals surface area contributed by atoms with Gasteiger partial charge in [0.15, 0.2) is 0 Å². The maximum Gasteiger partial charge on any atom is 0.259 e. The number of sulfonamides is 1. The number of rotatable bonds is 4. The van der Waals surface area contributed by atoms with Crippen LogP contribution in [0.5, 0.6) is 0 Å². The molecular weight excluding hydrogens is 461 g/mol. The number of benzene rings is 2. The van der Waals surface area contributed by atoms with E-state index in [2.05, 4.69) is 5.16 Å². The van der Waals surface area contributed by atoms with Crippen molar-refractivity contribution < 1.29 is 17.7 Å². The van der Waals surface area contributed by atoms with Crippen LogP contribution in [0.4, 0.5) is 0 Å². The van der Waals surface area contributed by atoms with Gasteiger partial charge in [0.1, 0.15) is 21.9 Å². The van der Waals surface area contributed by atoms with Crippen LogP contribution in [-0.4, -0.2) is 54.9 Å². The summed E-state index contributed by atoms with van der Waals surface area (Å²) in [6.45, 7) is 2.43. The Morgan fingerprint density at radius 3 is 2.39 bits per heavy atom. The molecule has 0 N–H and O–H groups in total. The van der Waals surface area contributed by atoms with Crippen molar-refractivity contribution in [1.82, 2.24) is 14.4 Å². The quantitative estimate of drug-likeness (QED) is 0.562. The summed E-state index contributed by atoms with van der Waals surface area (Å²) in [4.78, 5) is 14.8. The first-order valence-corrected chi connectivity index (χ1v) is 11.7. The lowest BCUT2D eigenvalue weighted by atomic mass is 10.0. The van der Waals surface area contributed by atoms with E-state index in [0.29, 0.717) is 17.0 Å². The molecule has 1 amide bonds. The molecule has 2 heterocycles. The largest absolute Gasteiger partial charge is 0.360 e. The minimum atomic E-state index is -3.83. The van der Waals surface area contributed by atoms with Crippen molar-refractivity contribution in [3.8, 4) is 11.3 Å². The average molecular weight is 480 g/mol. The molecule has 0 bridgehead atoms. The highest BCUT2D eigenvalue weighted by molar-refractivity contribution is 7.89. The van der Waals surface area contributed by atoms with Crippen LogP contribution in [0.3, 0.4) is 0 Å². The van der Waals surface area contributed by atoms with Crippen molar-refractivity contribution in [2.24, 2.45) is 0 Å². The van der Waals surface area contributed by atoms with Gasteiger partial charge in [-0.15, -0.1) is 0 Å². The monoisotopic (exact) mass is 479 g/mol. The van der Waals surface area contributed by atoms with E-state index in [4.69, 9.17) is 27.7 Å². The molecule has 4 rings (SSSR count). The number of piperazine rings is 1. The van der Waals surface area contributed by atoms with Gasteiger partial charge in [0.2, 0.25) is 10.0 Å². The summed E-state index contributed by atoms with van der Waals surface area (Å²) in [5.41, 5.74) is 1.64. The summed E-state index contributed by atoms with van der Waals surface area (Å²) in [6.07, 6.45) is 0. The lowest BCUT2D eigenvalue weighted by Gasteiger charge is -2.34. The van der Waals surface area contributed by atoms with E-state index in [1.165, 1.54) is 22.5 Å². The van der Waals surface area contributed by atoms with E-state index in [-0.39, 0.29) is 47.0 Å². The van der Waals surface area contributed by atoms with Gasteiger partial charge >= 0.3 is 0 Å². The van der Waals surface area contributed by atoms with E-state index in [1.54, 1.807) is 11.8 Å². The van der Waals surface area contributed by atoms with Crippen molar-refractivity contribution >= 4 is 39.1 Å². The number of hydrogen-bond donors (Lipinski definition) is 0. The molecule has 1 saturated heterocycles. The molecule has 0 spiro atoms. The number of aryl methyl sites for hydroxylation is 1. The number of carbonyl (C=O) groups excluding carboxylic acids is 1. The molecule has 0 radical (unpaired) electrons. The Bertz CT molecular complexity index is 1220. The SMILES string of the molecule is Cc1onc(-c2ccccc2)c1C(=O)N1CCN(S(=O)(=O)c2cc(Cl)ccc2Cl)CC1. The third-order valence-electron chi connectivity index (χ3n) is 5.16. The van der Waals surface area contributed by atoms with E-state index < -0.39 is 10.0 Å². The van der Waals surface area contributed by atoms with E-state index in [9.17, 15) is 13.2 Å². The zero-order chi connectivity index (χ0) is 22.2. The highest BCUT2D eigenvalue weighted by atomic mass is 35.5. The minimum absolute atomic E-state index is 0.0392. The van der Waals surface area contributed by atoms with Crippen LogP contribution in [0.25, 0.3) is 11.3 Å². The molecule has 0 aliphatic carbocycles. The normalized spacial score (nSPS) is 15.3. The van der Waals surface area contributed by atoms with Crippen LogP contribution in [0.15, 0.2) is 57.9 Å². The second-order valence-corrected chi connectivity index (χ2v) is 9.85. The fraction of sp³-hybridized carbons (Fsp3) is 0.238. The third-order valence-corrected chi connectivity index (χ3v) is 7.78. The topological polar surface area (TPSA) is 83.7 Å². The Hall–Kier alpha value is -2.39. The van der Waals surface area contributed by atoms with Gasteiger partial charge in [0, 0.05) is 36.8 Å². The Balaban J connectivity index is 1.53. The van der Waals surface area contributed by atoms with Crippen LogP contribution in [0.1, 0.15) is 16.1 Å². The number of amides is 1. The van der Waals surface area contributed by atoms with Crippen molar-refractivity contribution in [3.05, 3.63) is 69.9 Å². The molecule has 1 aliphatic rings. The van der Waals surface area contributed by atoms with Crippen LogP contribution in [-0.2, 0) is 10.0 Å². The first-order chi connectivity index (χ1) is 14.8. The molecule has 1 aliphatic heterocycles. The molecule has 31 heavy (non-hydrogen) atoms. The fourth-order valence-corrected chi connectivity index (χ4v) is 5.68. The molecule has 2 aromatic carbocycles. The number of hydrogen-bond acceptors (Lipinski definition) is 5. The molecule has 0 saturated carbocycles. The molecular formula is C21H19Cl2N3O4S. The van der Waals surface area contributed by atoms with E-state index in [0.717, 1.165) is 5.56 Å². The Morgan fingerprint density at radius 2 is 1.71 bits per heavy atom. The third kappa shape index (κ3) is 4.21. The zero-order valence-electron chi connectivity index (χ0n) is 16.6. The molecule has 162 valence electrons. The van der Waals surface area contributed by atoms with Crippen LogP contribution in [0, 0.1) is 6.92 Å². The first-order valence-electron chi connectivity index (χ1n) is 9.55. The number of carbonyl (C=O) groups is 1. The van der Waals surface area contributed by atoms with Crippen molar-refractivity contribution in [2.75, 3.05) is 26.2 Å². The van der Waals surface area contributed by atoms with Gasteiger partial charge in [-0.1, -0.05) is 58.7 Å². The highest BCUT2D eigenvalue weighted by Crippen LogP contribution is 2.30. The van der Waals surface area contributed by atoms with Crippen molar-refractivity contribution in [1.29, 1.82) is 0 Å². The Morgan fingerprint density at radius 1 is 1.03 bits per heavy atom. The molecule has 0 atom stereocenters. The summed E-state index contributed by atoms with van der Waals surface area (Å²) in [6, 6.07) is 13.6. The molecule has 3 aromatic rings. The van der Waals surface area contributed by atoms with E-state index in [1.807, 2.05) is 30.3 Å². The Kier molecular flexibility index (Phi) is 6.07. The van der Waals surface area contributed by atoms with E-state index >= 15 is 0 Å². The Labute approximate surface area is 190 Å². The predicted octanol–water partition coefficient (Wildman–Crippen LogP) is 4.10. The number of aromatic nitrogens is 1. The first kappa shape index (κ1) is 21.8. The standard InChI is InChI=1S/C21H19Cl2N3O4S/c1-14-19(20(24-30-14)15-5-3-2-4-6-15)21(27)25-9-11-26(12-10-25)31(28,29)18-13-16(22)7-8-17(18)23/h2-8,13H,9-12H2,1H3. The number of halogens is 2. The average Bonchev–Trinajstić information content (AvgIpc) is 3.17. The van der Waals surface area contributed by atoms with Crippen LogP contribution >= 0.6 is 23.2 Å². The van der Waals surface area contributed by atoms with Crippen molar-refractivity contribution in [3.63, 3.8) is 0 Å². The van der Waals surface area contributed by atoms with Gasteiger partial charge in [-0.05, 0) is 25.1 Å². The molecule has 0 unspecified atom stereocenters. The van der Waals surface area contributed by atoms with Crippen molar-refractivity contribution in [2.45, 2.75) is 11.8 Å². The number of nitrogens with zero attached hydrogens (tertiary/aromatic N) is 3. The maximum atomic E-state index is 13.2. The summed E-state index contributed by atoms with van der Waals surface area (Å²) in [5, 5.41) is 4.45. The van der Waals surface area contributed by atoms with Gasteiger partial charge in [-0.2, -0.15) is 4.31 Å².